The number of benzene rings is 1. The number of carbonyl (C=O) groups is 2. The van der Waals surface area contributed by atoms with Crippen molar-refractivity contribution in [3.8, 4) is 0 Å². The van der Waals surface area contributed by atoms with Crippen molar-refractivity contribution in [1.82, 2.24) is 0 Å². The molecule has 1 N–H and O–H groups in total. The van der Waals surface area contributed by atoms with Gasteiger partial charge in [0.2, 0.25) is 5.91 Å². The maximum Gasteiger partial charge on any atom is 0.288 e. The zero-order valence-corrected chi connectivity index (χ0v) is 14.8. The first-order valence-corrected chi connectivity index (χ1v) is 8.90. The molecule has 130 valence electrons. The molecule has 0 aromatic heterocycles. The highest BCUT2D eigenvalue weighted by molar-refractivity contribution is 7.99. The topological polar surface area (TPSA) is 46.2 Å². The number of amides is 1. The maximum absolute atomic E-state index is 13.0. The number of alkyl halides is 2. The second-order valence-electron chi connectivity index (χ2n) is 7.50. The molecule has 2 atom stereocenters. The van der Waals surface area contributed by atoms with E-state index in [1.54, 1.807) is 24.3 Å². The fraction of sp³-hybridized carbons (Fsp3) is 0.556. The minimum atomic E-state index is -2.47. The van der Waals surface area contributed by atoms with E-state index in [2.05, 4.69) is 5.32 Å². The first kappa shape index (κ1) is 17.4. The smallest absolute Gasteiger partial charge is 0.288 e. The Bertz CT molecular complexity index is 689. The van der Waals surface area contributed by atoms with E-state index in [1.165, 1.54) is 0 Å². The minimum absolute atomic E-state index is 0.142. The van der Waals surface area contributed by atoms with Gasteiger partial charge in [-0.25, -0.2) is 0 Å². The zero-order chi connectivity index (χ0) is 17.8. The summed E-state index contributed by atoms with van der Waals surface area (Å²) in [4.78, 5) is 25.9. The summed E-state index contributed by atoms with van der Waals surface area (Å²) in [5.41, 5.74) is -0.957. The molecule has 1 aromatic carbocycles. The molecule has 24 heavy (non-hydrogen) atoms. The van der Waals surface area contributed by atoms with Crippen molar-refractivity contribution >= 4 is 29.1 Å². The van der Waals surface area contributed by atoms with Crippen molar-refractivity contribution in [3.05, 3.63) is 24.3 Å². The van der Waals surface area contributed by atoms with Crippen molar-refractivity contribution in [3.63, 3.8) is 0 Å². The number of thioether (sulfide) groups is 1. The number of anilines is 1. The monoisotopic (exact) mass is 353 g/mol. The number of halogens is 2. The van der Waals surface area contributed by atoms with Crippen LogP contribution in [0.25, 0.3) is 0 Å². The molecule has 0 heterocycles. The fourth-order valence-corrected chi connectivity index (χ4v) is 4.83. The molecule has 0 unspecified atom stereocenters. The lowest BCUT2D eigenvalue weighted by Crippen LogP contribution is -2.43. The van der Waals surface area contributed by atoms with E-state index in [0.29, 0.717) is 28.8 Å². The summed E-state index contributed by atoms with van der Waals surface area (Å²) >= 11 is 0.471. The van der Waals surface area contributed by atoms with Crippen LogP contribution >= 0.6 is 11.8 Å². The highest BCUT2D eigenvalue weighted by atomic mass is 32.2. The van der Waals surface area contributed by atoms with Gasteiger partial charge in [-0.2, -0.15) is 8.78 Å². The maximum atomic E-state index is 13.0. The Morgan fingerprint density at radius 2 is 1.79 bits per heavy atom. The van der Waals surface area contributed by atoms with Crippen LogP contribution in [-0.4, -0.2) is 17.4 Å². The predicted molar refractivity (Wildman–Crippen MR) is 90.1 cm³/mol. The van der Waals surface area contributed by atoms with E-state index in [4.69, 9.17) is 0 Å². The van der Waals surface area contributed by atoms with Gasteiger partial charge in [0.05, 0.1) is 5.41 Å². The number of nitrogens with one attached hydrogen (secondary N) is 1. The van der Waals surface area contributed by atoms with Gasteiger partial charge in [-0.05, 0) is 42.5 Å². The molecular weight excluding hydrogens is 332 g/mol. The molecule has 0 saturated heterocycles. The average molecular weight is 353 g/mol. The van der Waals surface area contributed by atoms with Gasteiger partial charge in [-0.3, -0.25) is 9.59 Å². The molecule has 2 aliphatic carbocycles. The van der Waals surface area contributed by atoms with Crippen LogP contribution < -0.4 is 5.32 Å². The van der Waals surface area contributed by atoms with Gasteiger partial charge in [0.25, 0.3) is 5.76 Å². The largest absolute Gasteiger partial charge is 0.326 e. The first-order chi connectivity index (χ1) is 11.1. The normalized spacial score (nSPS) is 30.8. The number of ketones is 1. The lowest BCUT2D eigenvalue weighted by molar-refractivity contribution is -0.131. The van der Waals surface area contributed by atoms with Crippen LogP contribution in [0.3, 0.4) is 0 Å². The standard InChI is InChI=1S/C18H21F2NO2S/c1-16(2)17(3)8-9-18(16,10-13(17)22)14(23)21-11-4-6-12(7-5-11)24-15(19)20/h4-7,15H,8-10H2,1-3H3,(H,21,23)/t17-,18+/m0/s1. The molecule has 0 radical (unpaired) electrons. The van der Waals surface area contributed by atoms with Crippen molar-refractivity contribution in [2.45, 2.75) is 50.7 Å². The Morgan fingerprint density at radius 3 is 2.25 bits per heavy atom. The highest BCUT2D eigenvalue weighted by Gasteiger charge is 2.72. The molecule has 2 bridgehead atoms. The number of hydrogen-bond donors (Lipinski definition) is 1. The molecule has 0 aliphatic heterocycles. The number of fused-ring (bicyclic) bond motifs is 2. The zero-order valence-electron chi connectivity index (χ0n) is 14.0. The van der Waals surface area contributed by atoms with Gasteiger partial charge in [0.1, 0.15) is 5.78 Å². The predicted octanol–water partition coefficient (Wildman–Crippen LogP) is 4.73. The minimum Gasteiger partial charge on any atom is -0.326 e. The quantitative estimate of drug-likeness (QED) is 0.796. The van der Waals surface area contributed by atoms with Gasteiger partial charge >= 0.3 is 0 Å². The third-order valence-electron chi connectivity index (χ3n) is 6.48. The average Bonchev–Trinajstić information content (AvgIpc) is 2.79. The van der Waals surface area contributed by atoms with Gasteiger partial charge < -0.3 is 5.32 Å². The number of rotatable bonds is 4. The van der Waals surface area contributed by atoms with E-state index in [1.807, 2.05) is 20.8 Å². The summed E-state index contributed by atoms with van der Waals surface area (Å²) in [6, 6.07) is 6.37. The van der Waals surface area contributed by atoms with E-state index in [-0.39, 0.29) is 18.1 Å². The molecule has 2 aliphatic rings. The van der Waals surface area contributed by atoms with Crippen molar-refractivity contribution in [2.24, 2.45) is 16.2 Å². The van der Waals surface area contributed by atoms with E-state index >= 15 is 0 Å². The van der Waals surface area contributed by atoms with E-state index in [9.17, 15) is 18.4 Å². The van der Waals surface area contributed by atoms with Gasteiger partial charge in [0, 0.05) is 22.4 Å². The Balaban J connectivity index is 1.79. The van der Waals surface area contributed by atoms with Crippen LogP contribution in [0.15, 0.2) is 29.2 Å². The lowest BCUT2D eigenvalue weighted by atomic mass is 9.64. The molecule has 2 fully saturated rings. The van der Waals surface area contributed by atoms with E-state index < -0.39 is 22.0 Å². The van der Waals surface area contributed by atoms with E-state index in [0.717, 1.165) is 6.42 Å². The SMILES string of the molecule is CC1(C)[C@]2(C(=O)Nc3ccc(SC(F)F)cc3)CC[C@@]1(C)C(=O)C2. The summed E-state index contributed by atoms with van der Waals surface area (Å²) in [6.07, 6.45) is 1.71. The van der Waals surface area contributed by atoms with Crippen LogP contribution in [0.5, 0.6) is 0 Å². The van der Waals surface area contributed by atoms with Crippen molar-refractivity contribution < 1.29 is 18.4 Å². The Morgan fingerprint density at radius 1 is 1.17 bits per heavy atom. The van der Waals surface area contributed by atoms with Crippen molar-refractivity contribution in [2.75, 3.05) is 5.32 Å². The Labute approximate surface area is 144 Å². The molecule has 1 aromatic rings. The second-order valence-corrected chi connectivity index (χ2v) is 8.56. The number of Topliss-reactive ketones (excluding diaryl/α,β-unsaturated/α-hetero) is 1. The summed E-state index contributed by atoms with van der Waals surface area (Å²) in [6.45, 7) is 5.98. The highest BCUT2D eigenvalue weighted by Crippen LogP contribution is 2.70. The van der Waals surface area contributed by atoms with Crippen molar-refractivity contribution in [1.29, 1.82) is 0 Å². The molecule has 2 saturated carbocycles. The summed E-state index contributed by atoms with van der Waals surface area (Å²) < 4.78 is 24.7. The van der Waals surface area contributed by atoms with Crippen LogP contribution in [0, 0.1) is 16.2 Å². The third-order valence-corrected chi connectivity index (χ3v) is 7.20. The summed E-state index contributed by atoms with van der Waals surface area (Å²) in [5.74, 6) is -2.44. The summed E-state index contributed by atoms with van der Waals surface area (Å²) in [7, 11) is 0. The van der Waals surface area contributed by atoms with Crippen LogP contribution in [-0.2, 0) is 9.59 Å². The van der Waals surface area contributed by atoms with Crippen LogP contribution in [0.4, 0.5) is 14.5 Å². The number of hydrogen-bond acceptors (Lipinski definition) is 3. The van der Waals surface area contributed by atoms with Crippen LogP contribution in [0.1, 0.15) is 40.0 Å². The van der Waals surface area contributed by atoms with Gasteiger partial charge in [0.15, 0.2) is 0 Å². The van der Waals surface area contributed by atoms with Crippen LogP contribution in [0.2, 0.25) is 0 Å². The molecule has 6 heteroatoms. The Kier molecular flexibility index (Phi) is 4.02. The Hall–Kier alpha value is -1.43. The van der Waals surface area contributed by atoms with Gasteiger partial charge in [-0.15, -0.1) is 0 Å². The molecule has 3 rings (SSSR count). The molecule has 3 nitrogen and oxygen atoms in total. The first-order valence-electron chi connectivity index (χ1n) is 8.02. The summed E-state index contributed by atoms with van der Waals surface area (Å²) in [5, 5.41) is 2.89. The fourth-order valence-electron chi connectivity index (χ4n) is 4.33. The lowest BCUT2D eigenvalue weighted by Gasteiger charge is -2.38. The molecular formula is C18H21F2NO2S. The number of carbonyl (C=O) groups excluding carboxylic acids is 2. The van der Waals surface area contributed by atoms with Gasteiger partial charge in [-0.1, -0.05) is 32.5 Å². The second kappa shape index (κ2) is 5.55. The molecule has 0 spiro atoms. The molecule has 1 amide bonds. The third kappa shape index (κ3) is 2.30.